The van der Waals surface area contributed by atoms with Crippen LogP contribution in [0.3, 0.4) is 0 Å². The zero-order valence-corrected chi connectivity index (χ0v) is 17.4. The first-order chi connectivity index (χ1) is 13.5. The van der Waals surface area contributed by atoms with Crippen molar-refractivity contribution in [2.24, 2.45) is 17.3 Å². The third-order valence-corrected chi connectivity index (χ3v) is 7.26. The summed E-state index contributed by atoms with van der Waals surface area (Å²) in [6, 6.07) is 12.5. The Hall–Kier alpha value is -2.14. The van der Waals surface area contributed by atoms with Crippen molar-refractivity contribution in [3.8, 4) is 10.4 Å². The topological polar surface area (TPSA) is 49.4 Å². The van der Waals surface area contributed by atoms with Crippen LogP contribution in [0.15, 0.2) is 41.8 Å². The summed E-state index contributed by atoms with van der Waals surface area (Å²) >= 11 is 1.72. The number of carbonyl (C=O) groups is 2. The van der Waals surface area contributed by atoms with Crippen LogP contribution in [0.25, 0.3) is 10.4 Å². The maximum atomic E-state index is 13.1. The molecule has 4 nitrogen and oxygen atoms in total. The van der Waals surface area contributed by atoms with Crippen molar-refractivity contribution < 1.29 is 9.59 Å². The van der Waals surface area contributed by atoms with E-state index in [9.17, 15) is 9.59 Å². The van der Waals surface area contributed by atoms with Gasteiger partial charge in [-0.15, -0.1) is 11.3 Å². The molecule has 4 rings (SSSR count). The summed E-state index contributed by atoms with van der Waals surface area (Å²) in [4.78, 5) is 29.1. The molecule has 1 saturated heterocycles. The van der Waals surface area contributed by atoms with Crippen molar-refractivity contribution in [2.45, 2.75) is 32.6 Å². The van der Waals surface area contributed by atoms with E-state index in [1.54, 1.807) is 18.4 Å². The van der Waals surface area contributed by atoms with Crippen LogP contribution in [0.2, 0.25) is 0 Å². The molecular formula is C23H28N2O2S. The van der Waals surface area contributed by atoms with E-state index in [4.69, 9.17) is 0 Å². The molecule has 0 spiro atoms. The van der Waals surface area contributed by atoms with Gasteiger partial charge < -0.3 is 10.2 Å². The smallest absolute Gasteiger partial charge is 0.228 e. The van der Waals surface area contributed by atoms with Gasteiger partial charge in [-0.1, -0.05) is 37.3 Å². The molecule has 5 heteroatoms. The SMILES string of the molecule is CNC(=O)C1(Cc2ccccc2-c2cccs2)CCCN(C(=O)C2CC2C)C1. The molecule has 28 heavy (non-hydrogen) atoms. The fourth-order valence-corrected chi connectivity index (χ4v) is 5.39. The van der Waals surface area contributed by atoms with Gasteiger partial charge in [0.2, 0.25) is 11.8 Å². The second-order valence-corrected chi connectivity index (χ2v) is 9.30. The van der Waals surface area contributed by atoms with Gasteiger partial charge in [0.15, 0.2) is 0 Å². The number of piperidine rings is 1. The highest BCUT2D eigenvalue weighted by atomic mass is 32.1. The lowest BCUT2D eigenvalue weighted by Crippen LogP contribution is -2.54. The molecule has 1 aliphatic heterocycles. The average Bonchev–Trinajstić information content (AvgIpc) is 3.20. The molecular weight excluding hydrogens is 368 g/mol. The van der Waals surface area contributed by atoms with E-state index in [1.807, 2.05) is 11.0 Å². The fraction of sp³-hybridized carbons (Fsp3) is 0.478. The van der Waals surface area contributed by atoms with Crippen LogP contribution >= 0.6 is 11.3 Å². The molecule has 3 atom stereocenters. The number of benzene rings is 1. The third kappa shape index (κ3) is 3.60. The second kappa shape index (κ2) is 7.70. The van der Waals surface area contributed by atoms with Gasteiger partial charge in [0, 0.05) is 30.9 Å². The number of carbonyl (C=O) groups excluding carboxylic acids is 2. The van der Waals surface area contributed by atoms with Crippen LogP contribution < -0.4 is 5.32 Å². The van der Waals surface area contributed by atoms with Gasteiger partial charge in [-0.3, -0.25) is 9.59 Å². The van der Waals surface area contributed by atoms with Crippen LogP contribution in [0.4, 0.5) is 0 Å². The number of nitrogens with one attached hydrogen (secondary N) is 1. The largest absolute Gasteiger partial charge is 0.359 e. The van der Waals surface area contributed by atoms with E-state index in [0.717, 1.165) is 25.8 Å². The summed E-state index contributed by atoms with van der Waals surface area (Å²) in [5, 5.41) is 4.97. The molecule has 1 aromatic carbocycles. The molecule has 0 radical (unpaired) electrons. The summed E-state index contributed by atoms with van der Waals surface area (Å²) < 4.78 is 0. The number of rotatable bonds is 5. The maximum absolute atomic E-state index is 13.1. The lowest BCUT2D eigenvalue weighted by molar-refractivity contribution is -0.142. The molecule has 3 unspecified atom stereocenters. The number of nitrogens with zero attached hydrogens (tertiary/aromatic N) is 1. The molecule has 2 heterocycles. The van der Waals surface area contributed by atoms with Crippen LogP contribution in [-0.2, 0) is 16.0 Å². The van der Waals surface area contributed by atoms with E-state index >= 15 is 0 Å². The molecule has 2 amide bonds. The average molecular weight is 397 g/mol. The summed E-state index contributed by atoms with van der Waals surface area (Å²) in [6.45, 7) is 3.43. The van der Waals surface area contributed by atoms with Gasteiger partial charge in [0.1, 0.15) is 0 Å². The number of thiophene rings is 1. The lowest BCUT2D eigenvalue weighted by Gasteiger charge is -2.42. The zero-order valence-electron chi connectivity index (χ0n) is 16.6. The number of hydrogen-bond acceptors (Lipinski definition) is 3. The van der Waals surface area contributed by atoms with Gasteiger partial charge in [0.25, 0.3) is 0 Å². The number of hydrogen-bond donors (Lipinski definition) is 1. The molecule has 2 fully saturated rings. The Morgan fingerprint density at radius 2 is 2.04 bits per heavy atom. The Morgan fingerprint density at radius 1 is 1.25 bits per heavy atom. The summed E-state index contributed by atoms with van der Waals surface area (Å²) in [6.07, 6.45) is 3.34. The van der Waals surface area contributed by atoms with Crippen LogP contribution in [0.5, 0.6) is 0 Å². The van der Waals surface area contributed by atoms with Crippen LogP contribution in [0, 0.1) is 17.3 Å². The first kappa shape index (κ1) is 19.2. The van der Waals surface area contributed by atoms with Crippen molar-refractivity contribution in [3.63, 3.8) is 0 Å². The third-order valence-electron chi connectivity index (χ3n) is 6.36. The van der Waals surface area contributed by atoms with Crippen LogP contribution in [0.1, 0.15) is 31.7 Å². The Bertz CT molecular complexity index is 863. The van der Waals surface area contributed by atoms with Gasteiger partial charge >= 0.3 is 0 Å². The first-order valence-electron chi connectivity index (χ1n) is 10.2. The Balaban J connectivity index is 1.64. The van der Waals surface area contributed by atoms with E-state index in [1.165, 1.54) is 16.0 Å². The Kier molecular flexibility index (Phi) is 5.28. The summed E-state index contributed by atoms with van der Waals surface area (Å²) in [5.41, 5.74) is 1.82. The summed E-state index contributed by atoms with van der Waals surface area (Å²) in [5.74, 6) is 0.948. The lowest BCUT2D eigenvalue weighted by atomic mass is 9.73. The fourth-order valence-electron chi connectivity index (χ4n) is 4.61. The van der Waals surface area contributed by atoms with Gasteiger partial charge in [-0.25, -0.2) is 0 Å². The van der Waals surface area contributed by atoms with Crippen LogP contribution in [-0.4, -0.2) is 36.9 Å². The molecule has 1 aromatic heterocycles. The number of amides is 2. The van der Waals surface area contributed by atoms with Gasteiger partial charge in [0.05, 0.1) is 5.41 Å². The molecule has 148 valence electrons. The predicted octanol–water partition coefficient (Wildman–Crippen LogP) is 3.97. The highest BCUT2D eigenvalue weighted by Crippen LogP contribution is 2.42. The van der Waals surface area contributed by atoms with E-state index in [0.29, 0.717) is 18.9 Å². The molecule has 1 aliphatic carbocycles. The van der Waals surface area contributed by atoms with Gasteiger partial charge in [-0.2, -0.15) is 0 Å². The standard InChI is InChI=1S/C23H28N2O2S/c1-16-13-19(16)21(26)25-11-6-10-23(15-25,22(27)24-2)14-17-7-3-4-8-18(17)20-9-5-12-28-20/h3-5,7-9,12,16,19H,6,10-11,13-15H2,1-2H3,(H,24,27). The number of likely N-dealkylation sites (tertiary alicyclic amines) is 1. The minimum atomic E-state index is -0.561. The highest BCUT2D eigenvalue weighted by molar-refractivity contribution is 7.13. The maximum Gasteiger partial charge on any atom is 0.228 e. The molecule has 1 N–H and O–H groups in total. The predicted molar refractivity (Wildman–Crippen MR) is 113 cm³/mol. The quantitative estimate of drug-likeness (QED) is 0.831. The van der Waals surface area contributed by atoms with E-state index < -0.39 is 5.41 Å². The molecule has 1 saturated carbocycles. The van der Waals surface area contributed by atoms with Crippen molar-refractivity contribution in [1.82, 2.24) is 10.2 Å². The van der Waals surface area contributed by atoms with Gasteiger partial charge in [-0.05, 0) is 54.2 Å². The molecule has 0 bridgehead atoms. The van der Waals surface area contributed by atoms with E-state index in [2.05, 4.69) is 48.0 Å². The highest BCUT2D eigenvalue weighted by Gasteiger charge is 2.47. The Labute approximate surface area is 170 Å². The van der Waals surface area contributed by atoms with Crippen molar-refractivity contribution in [1.29, 1.82) is 0 Å². The summed E-state index contributed by atoms with van der Waals surface area (Å²) in [7, 11) is 1.71. The minimum absolute atomic E-state index is 0.0508. The normalized spacial score (nSPS) is 26.7. The zero-order chi connectivity index (χ0) is 19.7. The Morgan fingerprint density at radius 3 is 2.71 bits per heavy atom. The molecule has 2 aliphatic rings. The van der Waals surface area contributed by atoms with E-state index in [-0.39, 0.29) is 17.7 Å². The molecule has 2 aromatic rings. The monoisotopic (exact) mass is 396 g/mol. The van der Waals surface area contributed by atoms with Crippen molar-refractivity contribution in [3.05, 3.63) is 47.3 Å². The first-order valence-corrected chi connectivity index (χ1v) is 11.0. The van der Waals surface area contributed by atoms with Crippen molar-refractivity contribution in [2.75, 3.05) is 20.1 Å². The second-order valence-electron chi connectivity index (χ2n) is 8.35. The van der Waals surface area contributed by atoms with Crippen molar-refractivity contribution >= 4 is 23.2 Å². The minimum Gasteiger partial charge on any atom is -0.359 e.